The molecule has 1 aromatic carbocycles. The Hall–Kier alpha value is -2.84. The maximum Gasteiger partial charge on any atom is 0.416 e. The fourth-order valence-corrected chi connectivity index (χ4v) is 2.98. The van der Waals surface area contributed by atoms with E-state index in [2.05, 4.69) is 15.3 Å². The molecule has 27 heavy (non-hydrogen) atoms. The zero-order valence-electron chi connectivity index (χ0n) is 14.0. The highest BCUT2D eigenvalue weighted by molar-refractivity contribution is 6.00. The third-order valence-electron chi connectivity index (χ3n) is 4.26. The van der Waals surface area contributed by atoms with Crippen molar-refractivity contribution in [1.29, 1.82) is 0 Å². The van der Waals surface area contributed by atoms with Crippen LogP contribution in [-0.2, 0) is 11.0 Å². The van der Waals surface area contributed by atoms with E-state index in [1.807, 2.05) is 0 Å². The van der Waals surface area contributed by atoms with Gasteiger partial charge in [-0.3, -0.25) is 9.79 Å². The highest BCUT2D eigenvalue weighted by Crippen LogP contribution is 2.35. The molecule has 2 aromatic rings. The smallest absolute Gasteiger partial charge is 0.320 e. The number of pyridine rings is 1. The minimum Gasteiger partial charge on any atom is -0.320 e. The molecule has 0 radical (unpaired) electrons. The molecule has 2 atom stereocenters. The monoisotopic (exact) mass is 383 g/mol. The van der Waals surface area contributed by atoms with Gasteiger partial charge in [-0.05, 0) is 43.2 Å². The molecule has 1 aliphatic heterocycles. The van der Waals surface area contributed by atoms with E-state index in [1.54, 1.807) is 6.92 Å². The first-order valence-corrected chi connectivity index (χ1v) is 7.98. The summed E-state index contributed by atoms with van der Waals surface area (Å²) < 4.78 is 64.7. The van der Waals surface area contributed by atoms with Gasteiger partial charge in [-0.2, -0.15) is 26.9 Å². The summed E-state index contributed by atoms with van der Waals surface area (Å²) in [4.78, 5) is 19.7. The molecule has 142 valence electrons. The fourth-order valence-electron chi connectivity index (χ4n) is 2.98. The molecule has 1 aliphatic rings. The number of amides is 1. The second kappa shape index (κ2) is 7.05. The molecule has 1 aromatic heterocycles. The summed E-state index contributed by atoms with van der Waals surface area (Å²) >= 11 is 0. The molecule has 0 fully saturated rings. The summed E-state index contributed by atoms with van der Waals surface area (Å²) in [7, 11) is 0. The Morgan fingerprint density at radius 2 is 1.78 bits per heavy atom. The number of nitrogens with one attached hydrogen (secondary N) is 1. The largest absolute Gasteiger partial charge is 0.416 e. The first kappa shape index (κ1) is 18.9. The number of carbonyl (C=O) groups excluding carboxylic acids is 1. The number of aromatic nitrogens is 1. The first-order chi connectivity index (χ1) is 12.6. The lowest BCUT2D eigenvalue weighted by Gasteiger charge is -2.19. The zero-order chi connectivity index (χ0) is 19.8. The Kier molecular flexibility index (Phi) is 4.95. The van der Waals surface area contributed by atoms with Gasteiger partial charge in [0, 0.05) is 11.6 Å². The van der Waals surface area contributed by atoms with Crippen molar-refractivity contribution >= 4 is 17.3 Å². The van der Waals surface area contributed by atoms with E-state index in [4.69, 9.17) is 0 Å². The van der Waals surface area contributed by atoms with Crippen LogP contribution in [0.1, 0.15) is 30.4 Å². The van der Waals surface area contributed by atoms with E-state index in [1.165, 1.54) is 12.1 Å². The summed E-state index contributed by atoms with van der Waals surface area (Å²) in [6.07, 6.45) is -4.07. The van der Waals surface area contributed by atoms with Crippen LogP contribution < -0.4 is 5.32 Å². The Bertz CT molecular complexity index is 893. The minimum atomic E-state index is -4.45. The highest BCUT2D eigenvalue weighted by atomic mass is 19.4. The number of halogens is 5. The van der Waals surface area contributed by atoms with Gasteiger partial charge < -0.3 is 5.32 Å². The molecule has 0 spiro atoms. The van der Waals surface area contributed by atoms with Crippen LogP contribution in [0, 0.1) is 11.9 Å². The van der Waals surface area contributed by atoms with E-state index in [0.717, 1.165) is 24.3 Å². The van der Waals surface area contributed by atoms with Gasteiger partial charge in [0.1, 0.15) is 6.04 Å². The lowest BCUT2D eigenvalue weighted by Crippen LogP contribution is -2.30. The van der Waals surface area contributed by atoms with Crippen molar-refractivity contribution in [3.8, 4) is 0 Å². The molecule has 9 heteroatoms. The second-order valence-electron chi connectivity index (χ2n) is 6.20. The summed E-state index contributed by atoms with van der Waals surface area (Å²) in [5, 5.41) is 2.31. The van der Waals surface area contributed by atoms with E-state index in [9.17, 15) is 26.7 Å². The molecule has 1 N–H and O–H groups in total. The van der Waals surface area contributed by atoms with E-state index < -0.39 is 41.5 Å². The number of rotatable bonds is 3. The standard InChI is InChI=1S/C18H14F5N3O/c1-9-8-12(10-2-4-11(5-3-10)18(21,22)23)15(24-9)17(27)25-13-6-7-14(19)26-16(13)20/h2-7,12,15H,8H2,1H3,(H,25,27). The van der Waals surface area contributed by atoms with Gasteiger partial charge in [0.2, 0.25) is 17.8 Å². The van der Waals surface area contributed by atoms with Crippen molar-refractivity contribution in [3.05, 3.63) is 59.4 Å². The predicted molar refractivity (Wildman–Crippen MR) is 88.5 cm³/mol. The average Bonchev–Trinajstić information content (AvgIpc) is 2.99. The lowest BCUT2D eigenvalue weighted by molar-refractivity contribution is -0.137. The number of benzene rings is 1. The maximum absolute atomic E-state index is 13.6. The van der Waals surface area contributed by atoms with Crippen molar-refractivity contribution < 1.29 is 26.7 Å². The summed E-state index contributed by atoms with van der Waals surface area (Å²) in [5.41, 5.74) is 0.0777. The normalized spacial score (nSPS) is 19.7. The number of hydrogen-bond acceptors (Lipinski definition) is 3. The summed E-state index contributed by atoms with van der Waals surface area (Å²) in [6.45, 7) is 1.70. The molecule has 2 heterocycles. The molecule has 3 rings (SSSR count). The van der Waals surface area contributed by atoms with Gasteiger partial charge in [-0.15, -0.1) is 0 Å². The van der Waals surface area contributed by atoms with Crippen LogP contribution in [0.5, 0.6) is 0 Å². The van der Waals surface area contributed by atoms with E-state index >= 15 is 0 Å². The van der Waals surface area contributed by atoms with Crippen LogP contribution in [0.3, 0.4) is 0 Å². The van der Waals surface area contributed by atoms with Gasteiger partial charge in [0.25, 0.3) is 0 Å². The van der Waals surface area contributed by atoms with Crippen molar-refractivity contribution in [3.63, 3.8) is 0 Å². The quantitative estimate of drug-likeness (QED) is 0.634. The Morgan fingerprint density at radius 1 is 1.11 bits per heavy atom. The molecular weight excluding hydrogens is 369 g/mol. The number of hydrogen-bond donors (Lipinski definition) is 1. The topological polar surface area (TPSA) is 54.4 Å². The van der Waals surface area contributed by atoms with Crippen LogP contribution in [-0.4, -0.2) is 22.6 Å². The van der Waals surface area contributed by atoms with Crippen LogP contribution in [0.2, 0.25) is 0 Å². The number of carbonyl (C=O) groups is 1. The summed E-state index contributed by atoms with van der Waals surface area (Å²) in [5.74, 6) is -3.33. The molecule has 4 nitrogen and oxygen atoms in total. The van der Waals surface area contributed by atoms with Gasteiger partial charge >= 0.3 is 6.18 Å². The van der Waals surface area contributed by atoms with Crippen LogP contribution >= 0.6 is 0 Å². The SMILES string of the molecule is CC1=NC(C(=O)Nc2ccc(F)nc2F)C(c2ccc(C(F)(F)F)cc2)C1. The molecule has 2 unspecified atom stereocenters. The van der Waals surface area contributed by atoms with Crippen LogP contribution in [0.25, 0.3) is 0 Å². The van der Waals surface area contributed by atoms with Crippen molar-refractivity contribution in [2.24, 2.45) is 4.99 Å². The van der Waals surface area contributed by atoms with E-state index in [-0.39, 0.29) is 5.69 Å². The van der Waals surface area contributed by atoms with Gasteiger partial charge in [-0.25, -0.2) is 0 Å². The zero-order valence-corrected chi connectivity index (χ0v) is 14.0. The van der Waals surface area contributed by atoms with E-state index in [0.29, 0.717) is 17.7 Å². The van der Waals surface area contributed by atoms with Gasteiger partial charge in [0.05, 0.1) is 11.3 Å². The highest BCUT2D eigenvalue weighted by Gasteiger charge is 2.36. The lowest BCUT2D eigenvalue weighted by atomic mass is 9.89. The number of alkyl halides is 3. The van der Waals surface area contributed by atoms with Crippen molar-refractivity contribution in [1.82, 2.24) is 4.98 Å². The average molecular weight is 383 g/mol. The Balaban J connectivity index is 1.81. The Labute approximate surface area is 151 Å². The van der Waals surface area contributed by atoms with Gasteiger partial charge in [0.15, 0.2) is 0 Å². The molecule has 0 bridgehead atoms. The van der Waals surface area contributed by atoms with Crippen LogP contribution in [0.4, 0.5) is 27.6 Å². The van der Waals surface area contributed by atoms with Crippen molar-refractivity contribution in [2.45, 2.75) is 31.5 Å². The molecule has 0 aliphatic carbocycles. The predicted octanol–water partition coefficient (Wildman–Crippen LogP) is 4.33. The molecule has 1 amide bonds. The maximum atomic E-state index is 13.6. The minimum absolute atomic E-state index is 0.299. The Morgan fingerprint density at radius 3 is 2.37 bits per heavy atom. The van der Waals surface area contributed by atoms with Crippen LogP contribution in [0.15, 0.2) is 41.4 Å². The summed E-state index contributed by atoms with van der Waals surface area (Å²) in [6, 6.07) is 5.50. The van der Waals surface area contributed by atoms with Gasteiger partial charge in [-0.1, -0.05) is 12.1 Å². The fraction of sp³-hybridized carbons (Fsp3) is 0.278. The molecule has 0 saturated carbocycles. The van der Waals surface area contributed by atoms with Crippen molar-refractivity contribution in [2.75, 3.05) is 5.32 Å². The number of nitrogens with zero attached hydrogens (tertiary/aromatic N) is 2. The second-order valence-corrected chi connectivity index (χ2v) is 6.20. The molecule has 0 saturated heterocycles. The first-order valence-electron chi connectivity index (χ1n) is 7.98. The molecular formula is C18H14F5N3O. The number of anilines is 1. The third kappa shape index (κ3) is 4.12. The third-order valence-corrected chi connectivity index (χ3v) is 4.26. The number of aliphatic imine (C=N–C) groups is 1.